The third kappa shape index (κ3) is 2.75. The molecule has 0 spiro atoms. The fourth-order valence-corrected chi connectivity index (χ4v) is 4.68. The highest BCUT2D eigenvalue weighted by Crippen LogP contribution is 2.24. The Labute approximate surface area is 121 Å². The number of likely N-dealkylation sites (N-methyl/N-ethyl adjacent to an activating group) is 1. The Hall–Kier alpha value is -0.920. The largest absolute Gasteiger partial charge is 0.300 e. The minimum Gasteiger partial charge on any atom is -0.300 e. The molecule has 0 aromatic carbocycles. The standard InChI is InChI=1S/C13H24N4O2S/c1-5-15-8-11(3)17(12(4)9-15)20(18,19)13-7-14-16(6-2)10-13/h7,10-12H,5-6,8-9H2,1-4H3. The van der Waals surface area contributed by atoms with Crippen molar-refractivity contribution in [2.24, 2.45) is 0 Å². The summed E-state index contributed by atoms with van der Waals surface area (Å²) in [4.78, 5) is 2.58. The molecule has 2 rings (SSSR count). The SMILES string of the molecule is CCN1CC(C)N(S(=O)(=O)c2cnn(CC)c2)C(C)C1. The van der Waals surface area contributed by atoms with E-state index in [-0.39, 0.29) is 12.1 Å². The van der Waals surface area contributed by atoms with Gasteiger partial charge in [0.05, 0.1) is 6.20 Å². The van der Waals surface area contributed by atoms with E-state index >= 15 is 0 Å². The Morgan fingerprint density at radius 1 is 1.20 bits per heavy atom. The normalized spacial score (nSPS) is 26.0. The first-order valence-corrected chi connectivity index (χ1v) is 8.62. The molecule has 0 amide bonds. The van der Waals surface area contributed by atoms with E-state index in [0.29, 0.717) is 11.4 Å². The fraction of sp³-hybridized carbons (Fsp3) is 0.769. The van der Waals surface area contributed by atoms with Gasteiger partial charge in [-0.3, -0.25) is 4.68 Å². The Balaban J connectivity index is 2.29. The smallest absolute Gasteiger partial charge is 0.246 e. The van der Waals surface area contributed by atoms with E-state index in [2.05, 4.69) is 16.9 Å². The number of piperazine rings is 1. The fourth-order valence-electron chi connectivity index (χ4n) is 2.92. The molecule has 6 nitrogen and oxygen atoms in total. The first kappa shape index (κ1) is 15.5. The molecule has 0 radical (unpaired) electrons. The van der Waals surface area contributed by atoms with Crippen LogP contribution >= 0.6 is 0 Å². The second-order valence-electron chi connectivity index (χ2n) is 5.42. The minimum absolute atomic E-state index is 0.0197. The zero-order chi connectivity index (χ0) is 14.9. The lowest BCUT2D eigenvalue weighted by molar-refractivity contribution is 0.106. The predicted molar refractivity (Wildman–Crippen MR) is 78.0 cm³/mol. The van der Waals surface area contributed by atoms with Crippen molar-refractivity contribution in [1.82, 2.24) is 19.0 Å². The molecule has 1 aromatic heterocycles. The Morgan fingerprint density at radius 3 is 2.25 bits per heavy atom. The summed E-state index contributed by atoms with van der Waals surface area (Å²) in [6, 6.07) is -0.0395. The molecule has 2 heterocycles. The first-order chi connectivity index (χ1) is 9.40. The lowest BCUT2D eigenvalue weighted by atomic mass is 10.1. The summed E-state index contributed by atoms with van der Waals surface area (Å²) < 4.78 is 28.9. The van der Waals surface area contributed by atoms with Crippen LogP contribution in [0.5, 0.6) is 0 Å². The van der Waals surface area contributed by atoms with Crippen LogP contribution in [0.15, 0.2) is 17.3 Å². The van der Waals surface area contributed by atoms with E-state index in [1.165, 1.54) is 6.20 Å². The van der Waals surface area contributed by atoms with Gasteiger partial charge < -0.3 is 4.90 Å². The van der Waals surface area contributed by atoms with Gasteiger partial charge in [0.25, 0.3) is 0 Å². The Bertz CT molecular complexity index is 542. The molecule has 0 saturated carbocycles. The van der Waals surface area contributed by atoms with Gasteiger partial charge in [-0.15, -0.1) is 0 Å². The number of nitrogens with zero attached hydrogens (tertiary/aromatic N) is 4. The third-order valence-electron chi connectivity index (χ3n) is 3.87. The van der Waals surface area contributed by atoms with Gasteiger partial charge in [-0.1, -0.05) is 6.92 Å². The molecule has 7 heteroatoms. The topological polar surface area (TPSA) is 58.4 Å². The average molecular weight is 300 g/mol. The first-order valence-electron chi connectivity index (χ1n) is 7.18. The maximum atomic E-state index is 12.8. The summed E-state index contributed by atoms with van der Waals surface area (Å²) in [5.74, 6) is 0. The zero-order valence-electron chi connectivity index (χ0n) is 12.7. The van der Waals surface area contributed by atoms with Crippen LogP contribution in [0, 0.1) is 0 Å². The highest BCUT2D eigenvalue weighted by atomic mass is 32.2. The van der Waals surface area contributed by atoms with Crippen molar-refractivity contribution >= 4 is 10.0 Å². The van der Waals surface area contributed by atoms with Crippen molar-refractivity contribution < 1.29 is 8.42 Å². The van der Waals surface area contributed by atoms with Gasteiger partial charge in [0.15, 0.2) is 0 Å². The molecule has 1 aromatic rings. The predicted octanol–water partition coefficient (Wildman–Crippen LogP) is 1.01. The molecule has 1 saturated heterocycles. The molecular formula is C13H24N4O2S. The third-order valence-corrected chi connectivity index (χ3v) is 5.95. The van der Waals surface area contributed by atoms with Crippen LogP contribution < -0.4 is 0 Å². The number of aromatic nitrogens is 2. The maximum absolute atomic E-state index is 12.8. The second-order valence-corrected chi connectivity index (χ2v) is 7.26. The molecule has 20 heavy (non-hydrogen) atoms. The highest BCUT2D eigenvalue weighted by Gasteiger charge is 2.38. The molecule has 1 aliphatic rings. The molecule has 114 valence electrons. The van der Waals surface area contributed by atoms with Gasteiger partial charge in [0.2, 0.25) is 10.0 Å². The summed E-state index contributed by atoms with van der Waals surface area (Å²) >= 11 is 0. The molecule has 0 bridgehead atoms. The molecule has 0 aliphatic carbocycles. The number of hydrogen-bond acceptors (Lipinski definition) is 4. The Morgan fingerprint density at radius 2 is 1.80 bits per heavy atom. The van der Waals surface area contributed by atoms with Crippen molar-refractivity contribution in [1.29, 1.82) is 0 Å². The van der Waals surface area contributed by atoms with E-state index in [0.717, 1.165) is 19.6 Å². The van der Waals surface area contributed by atoms with Gasteiger partial charge >= 0.3 is 0 Å². The molecule has 2 atom stereocenters. The summed E-state index contributed by atoms with van der Waals surface area (Å²) in [7, 11) is -3.46. The quantitative estimate of drug-likeness (QED) is 0.832. The molecule has 2 unspecified atom stereocenters. The van der Waals surface area contributed by atoms with Crippen LogP contribution in [0.3, 0.4) is 0 Å². The van der Waals surface area contributed by atoms with Gasteiger partial charge in [0, 0.05) is 37.9 Å². The maximum Gasteiger partial charge on any atom is 0.246 e. The minimum atomic E-state index is -3.46. The zero-order valence-corrected chi connectivity index (χ0v) is 13.5. The average Bonchev–Trinajstić information content (AvgIpc) is 2.86. The van der Waals surface area contributed by atoms with Crippen molar-refractivity contribution in [2.45, 2.75) is 51.2 Å². The van der Waals surface area contributed by atoms with E-state index in [1.807, 2.05) is 20.8 Å². The van der Waals surface area contributed by atoms with Crippen LogP contribution in [0.2, 0.25) is 0 Å². The van der Waals surface area contributed by atoms with Crippen molar-refractivity contribution in [3.05, 3.63) is 12.4 Å². The lowest BCUT2D eigenvalue weighted by Crippen LogP contribution is -2.58. The summed E-state index contributed by atoms with van der Waals surface area (Å²) in [6.45, 7) is 11.2. The van der Waals surface area contributed by atoms with Gasteiger partial charge in [0.1, 0.15) is 4.90 Å². The van der Waals surface area contributed by atoms with Crippen LogP contribution in [0.1, 0.15) is 27.7 Å². The number of rotatable bonds is 4. The van der Waals surface area contributed by atoms with Crippen molar-refractivity contribution in [3.8, 4) is 0 Å². The number of aryl methyl sites for hydroxylation is 1. The van der Waals surface area contributed by atoms with E-state index in [9.17, 15) is 8.42 Å². The number of hydrogen-bond donors (Lipinski definition) is 0. The van der Waals surface area contributed by atoms with Crippen molar-refractivity contribution in [2.75, 3.05) is 19.6 Å². The summed E-state index contributed by atoms with van der Waals surface area (Å²) in [5, 5.41) is 4.08. The van der Waals surface area contributed by atoms with E-state index < -0.39 is 10.0 Å². The van der Waals surface area contributed by atoms with Gasteiger partial charge in [-0.2, -0.15) is 9.40 Å². The van der Waals surface area contributed by atoms with Gasteiger partial charge in [-0.25, -0.2) is 8.42 Å². The van der Waals surface area contributed by atoms with Crippen LogP contribution in [-0.2, 0) is 16.6 Å². The highest BCUT2D eigenvalue weighted by molar-refractivity contribution is 7.89. The van der Waals surface area contributed by atoms with Crippen LogP contribution in [-0.4, -0.2) is 59.1 Å². The Kier molecular flexibility index (Phi) is 4.51. The lowest BCUT2D eigenvalue weighted by Gasteiger charge is -2.42. The van der Waals surface area contributed by atoms with Crippen LogP contribution in [0.25, 0.3) is 0 Å². The summed E-state index contributed by atoms with van der Waals surface area (Å²) in [6.07, 6.45) is 3.06. The van der Waals surface area contributed by atoms with Gasteiger partial charge in [-0.05, 0) is 27.3 Å². The molecular weight excluding hydrogens is 276 g/mol. The number of sulfonamides is 1. The van der Waals surface area contributed by atoms with E-state index in [4.69, 9.17) is 0 Å². The van der Waals surface area contributed by atoms with Crippen LogP contribution in [0.4, 0.5) is 0 Å². The second kappa shape index (κ2) is 5.83. The monoisotopic (exact) mass is 300 g/mol. The molecule has 1 aliphatic heterocycles. The molecule has 0 N–H and O–H groups in total. The van der Waals surface area contributed by atoms with E-state index in [1.54, 1.807) is 15.2 Å². The van der Waals surface area contributed by atoms with Crippen molar-refractivity contribution in [3.63, 3.8) is 0 Å². The summed E-state index contributed by atoms with van der Waals surface area (Å²) in [5.41, 5.74) is 0. The molecule has 1 fully saturated rings.